The first-order valence-electron chi connectivity index (χ1n) is 3.65. The van der Waals surface area contributed by atoms with Gasteiger partial charge in [0.05, 0.1) is 0 Å². The highest BCUT2D eigenvalue weighted by atomic mass is 19.3. The molecule has 1 fully saturated rings. The Morgan fingerprint density at radius 1 is 1.36 bits per heavy atom. The fraction of sp³-hybridized carbons (Fsp3) is 1.00. The van der Waals surface area contributed by atoms with Crippen LogP contribution < -0.4 is 0 Å². The first-order chi connectivity index (χ1) is 4.99. The largest absolute Gasteiger partial charge is 0.248 e. The summed E-state index contributed by atoms with van der Waals surface area (Å²) in [5.74, 6) is -3.15. The van der Waals surface area contributed by atoms with Gasteiger partial charge in [0, 0.05) is 19.3 Å². The molecule has 1 aliphatic carbocycles. The van der Waals surface area contributed by atoms with E-state index in [9.17, 15) is 17.6 Å². The van der Waals surface area contributed by atoms with Crippen molar-refractivity contribution in [3.05, 3.63) is 0 Å². The van der Waals surface area contributed by atoms with Crippen molar-refractivity contribution in [2.75, 3.05) is 0 Å². The summed E-state index contributed by atoms with van der Waals surface area (Å²) in [5.41, 5.74) is 0. The lowest BCUT2D eigenvalue weighted by Crippen LogP contribution is -2.10. The summed E-state index contributed by atoms with van der Waals surface area (Å²) < 4.78 is 48.2. The Morgan fingerprint density at radius 2 is 2.00 bits per heavy atom. The van der Waals surface area contributed by atoms with Crippen LogP contribution in [0, 0.1) is 5.92 Å². The number of alkyl halides is 4. The van der Waals surface area contributed by atoms with E-state index in [1.807, 2.05) is 0 Å². The molecular weight excluding hydrogens is 160 g/mol. The SMILES string of the molecule is FC(F)CC1CCC(F)(F)C1. The zero-order valence-electron chi connectivity index (χ0n) is 5.99. The fourth-order valence-electron chi connectivity index (χ4n) is 1.49. The zero-order chi connectivity index (χ0) is 8.48. The van der Waals surface area contributed by atoms with Gasteiger partial charge in [0.25, 0.3) is 0 Å². The lowest BCUT2D eigenvalue weighted by Gasteiger charge is -2.08. The van der Waals surface area contributed by atoms with Crippen molar-refractivity contribution in [2.24, 2.45) is 5.92 Å². The second-order valence-corrected chi connectivity index (χ2v) is 3.09. The van der Waals surface area contributed by atoms with Crippen LogP contribution in [0.5, 0.6) is 0 Å². The second kappa shape index (κ2) is 2.99. The molecule has 0 bridgehead atoms. The van der Waals surface area contributed by atoms with Crippen molar-refractivity contribution in [2.45, 2.75) is 38.0 Å². The third-order valence-electron chi connectivity index (χ3n) is 2.02. The predicted octanol–water partition coefficient (Wildman–Crippen LogP) is 3.08. The number of rotatable bonds is 2. The molecule has 0 aliphatic heterocycles. The summed E-state index contributed by atoms with van der Waals surface area (Å²) in [6.45, 7) is 0. The average molecular weight is 170 g/mol. The van der Waals surface area contributed by atoms with Crippen molar-refractivity contribution in [1.82, 2.24) is 0 Å². The van der Waals surface area contributed by atoms with Crippen molar-refractivity contribution in [3.63, 3.8) is 0 Å². The standard InChI is InChI=1S/C7H10F4/c8-6(9)3-5-1-2-7(10,11)4-5/h5-6H,1-4H2. The molecule has 0 heterocycles. The van der Waals surface area contributed by atoms with Gasteiger partial charge in [-0.3, -0.25) is 0 Å². The molecular formula is C7H10F4. The van der Waals surface area contributed by atoms with Gasteiger partial charge in [-0.1, -0.05) is 0 Å². The van der Waals surface area contributed by atoms with Crippen LogP contribution in [0.25, 0.3) is 0 Å². The molecule has 0 spiro atoms. The van der Waals surface area contributed by atoms with E-state index in [0.717, 1.165) is 0 Å². The van der Waals surface area contributed by atoms with Gasteiger partial charge in [-0.2, -0.15) is 0 Å². The summed E-state index contributed by atoms with van der Waals surface area (Å²) in [5, 5.41) is 0. The van der Waals surface area contributed by atoms with Crippen LogP contribution in [0.15, 0.2) is 0 Å². The highest BCUT2D eigenvalue weighted by Gasteiger charge is 2.39. The minimum absolute atomic E-state index is 0.218. The number of hydrogen-bond acceptors (Lipinski definition) is 0. The van der Waals surface area contributed by atoms with Gasteiger partial charge in [0.2, 0.25) is 12.3 Å². The molecule has 0 aromatic carbocycles. The Kier molecular flexibility index (Phi) is 2.40. The minimum Gasteiger partial charge on any atom is -0.211 e. The van der Waals surface area contributed by atoms with Crippen LogP contribution >= 0.6 is 0 Å². The molecule has 1 atom stereocenters. The molecule has 1 rings (SSSR count). The van der Waals surface area contributed by atoms with Crippen LogP contribution in [0.3, 0.4) is 0 Å². The topological polar surface area (TPSA) is 0 Å². The highest BCUT2D eigenvalue weighted by Crippen LogP contribution is 2.41. The van der Waals surface area contributed by atoms with E-state index in [1.165, 1.54) is 0 Å². The third-order valence-corrected chi connectivity index (χ3v) is 2.02. The van der Waals surface area contributed by atoms with E-state index < -0.39 is 18.3 Å². The molecule has 1 aliphatic rings. The van der Waals surface area contributed by atoms with E-state index in [-0.39, 0.29) is 25.7 Å². The summed E-state index contributed by atoms with van der Waals surface area (Å²) in [4.78, 5) is 0. The Bertz CT molecular complexity index is 132. The number of halogens is 4. The van der Waals surface area contributed by atoms with Crippen molar-refractivity contribution in [1.29, 1.82) is 0 Å². The van der Waals surface area contributed by atoms with Gasteiger partial charge in [0.1, 0.15) is 0 Å². The zero-order valence-corrected chi connectivity index (χ0v) is 5.99. The van der Waals surface area contributed by atoms with Gasteiger partial charge in [-0.15, -0.1) is 0 Å². The Labute approximate surface area is 62.6 Å². The number of hydrogen-bond donors (Lipinski definition) is 0. The van der Waals surface area contributed by atoms with Gasteiger partial charge in [0.15, 0.2) is 0 Å². The molecule has 0 saturated heterocycles. The Balaban J connectivity index is 2.31. The van der Waals surface area contributed by atoms with Crippen LogP contribution in [0.2, 0.25) is 0 Å². The van der Waals surface area contributed by atoms with Crippen LogP contribution in [0.4, 0.5) is 17.6 Å². The molecule has 0 aromatic rings. The molecule has 0 amide bonds. The van der Waals surface area contributed by atoms with Gasteiger partial charge < -0.3 is 0 Å². The van der Waals surface area contributed by atoms with Crippen LogP contribution in [-0.4, -0.2) is 12.3 Å². The van der Waals surface area contributed by atoms with E-state index in [1.54, 1.807) is 0 Å². The molecule has 1 unspecified atom stereocenters. The summed E-state index contributed by atoms with van der Waals surface area (Å²) in [7, 11) is 0. The molecule has 0 N–H and O–H groups in total. The molecule has 4 heteroatoms. The minimum atomic E-state index is -2.68. The highest BCUT2D eigenvalue weighted by molar-refractivity contribution is 4.81. The first kappa shape index (κ1) is 8.81. The van der Waals surface area contributed by atoms with E-state index >= 15 is 0 Å². The van der Waals surface area contributed by atoms with E-state index in [4.69, 9.17) is 0 Å². The average Bonchev–Trinajstić information content (AvgIpc) is 2.08. The normalized spacial score (nSPS) is 29.7. The molecule has 0 nitrogen and oxygen atoms in total. The monoisotopic (exact) mass is 170 g/mol. The van der Waals surface area contributed by atoms with Gasteiger partial charge in [-0.25, -0.2) is 17.6 Å². The molecule has 11 heavy (non-hydrogen) atoms. The third kappa shape index (κ3) is 2.67. The predicted molar refractivity (Wildman–Crippen MR) is 32.9 cm³/mol. The van der Waals surface area contributed by atoms with Gasteiger partial charge in [-0.05, 0) is 12.3 Å². The van der Waals surface area contributed by atoms with Crippen molar-refractivity contribution >= 4 is 0 Å². The quantitative estimate of drug-likeness (QED) is 0.558. The fourth-order valence-corrected chi connectivity index (χ4v) is 1.49. The second-order valence-electron chi connectivity index (χ2n) is 3.09. The summed E-state index contributed by atoms with van der Waals surface area (Å²) in [6.07, 6.45) is -3.12. The molecule has 66 valence electrons. The maximum absolute atomic E-state index is 12.4. The molecule has 1 saturated carbocycles. The molecule has 0 radical (unpaired) electrons. The Morgan fingerprint density at radius 3 is 2.36 bits per heavy atom. The van der Waals surface area contributed by atoms with E-state index in [0.29, 0.717) is 0 Å². The summed E-state index contributed by atoms with van der Waals surface area (Å²) >= 11 is 0. The van der Waals surface area contributed by atoms with Crippen molar-refractivity contribution < 1.29 is 17.6 Å². The van der Waals surface area contributed by atoms with Crippen molar-refractivity contribution in [3.8, 4) is 0 Å². The van der Waals surface area contributed by atoms with Gasteiger partial charge >= 0.3 is 0 Å². The van der Waals surface area contributed by atoms with E-state index in [2.05, 4.69) is 0 Å². The van der Waals surface area contributed by atoms with Crippen LogP contribution in [0.1, 0.15) is 25.7 Å². The maximum atomic E-state index is 12.4. The molecule has 0 aromatic heterocycles. The smallest absolute Gasteiger partial charge is 0.211 e. The Hall–Kier alpha value is -0.280. The van der Waals surface area contributed by atoms with Crippen LogP contribution in [-0.2, 0) is 0 Å². The maximum Gasteiger partial charge on any atom is 0.248 e. The first-order valence-corrected chi connectivity index (χ1v) is 3.65. The summed E-state index contributed by atoms with van der Waals surface area (Å²) in [6, 6.07) is 0. The lowest BCUT2D eigenvalue weighted by molar-refractivity contribution is 0.00167. The lowest BCUT2D eigenvalue weighted by atomic mass is 10.0.